The number of sulfone groups is 1. The third kappa shape index (κ3) is 3.70. The maximum Gasteiger partial charge on any atom is 0.260 e. The summed E-state index contributed by atoms with van der Waals surface area (Å²) in [6.45, 7) is 2.27. The summed E-state index contributed by atoms with van der Waals surface area (Å²) < 4.78 is 28.9. The molecule has 0 aliphatic carbocycles. The van der Waals surface area contributed by atoms with Gasteiger partial charge < -0.3 is 9.64 Å². The fourth-order valence-electron chi connectivity index (χ4n) is 3.14. The average molecular weight is 347 g/mol. The average Bonchev–Trinajstić information content (AvgIpc) is 2.93. The quantitative estimate of drug-likeness (QED) is 0.832. The fraction of sp³-hybridized carbons (Fsp3) is 0.389. The first-order valence-electron chi connectivity index (χ1n) is 8.10. The van der Waals surface area contributed by atoms with Crippen LogP contribution in [0.3, 0.4) is 0 Å². The van der Waals surface area contributed by atoms with E-state index in [1.807, 2.05) is 49.4 Å². The van der Waals surface area contributed by atoms with Crippen LogP contribution in [0.4, 0.5) is 0 Å². The molecule has 128 valence electrons. The third-order valence-electron chi connectivity index (χ3n) is 4.39. The lowest BCUT2D eigenvalue weighted by Gasteiger charge is -2.26. The van der Waals surface area contributed by atoms with E-state index in [0.717, 1.165) is 10.8 Å². The standard InChI is InChI=1S/C18H21NO4S/c1-2-19(16-9-10-24(21,22)13-16)18(20)12-23-17-8-7-14-5-3-4-6-15(14)11-17/h3-8,11,16H,2,9-10,12-13H2,1H3. The highest BCUT2D eigenvalue weighted by atomic mass is 32.2. The molecule has 1 heterocycles. The zero-order valence-corrected chi connectivity index (χ0v) is 14.5. The number of carbonyl (C=O) groups excluding carboxylic acids is 1. The predicted molar refractivity (Wildman–Crippen MR) is 93.9 cm³/mol. The molecule has 0 saturated carbocycles. The molecular formula is C18H21NO4S. The van der Waals surface area contributed by atoms with Crippen LogP contribution in [0.5, 0.6) is 5.75 Å². The summed E-state index contributed by atoms with van der Waals surface area (Å²) in [6.07, 6.45) is 0.512. The van der Waals surface area contributed by atoms with E-state index in [1.54, 1.807) is 4.90 Å². The molecule has 24 heavy (non-hydrogen) atoms. The molecule has 6 heteroatoms. The van der Waals surface area contributed by atoms with E-state index in [0.29, 0.717) is 18.7 Å². The van der Waals surface area contributed by atoms with E-state index in [-0.39, 0.29) is 30.1 Å². The number of likely N-dealkylation sites (N-methyl/N-ethyl adjacent to an activating group) is 1. The molecule has 1 fully saturated rings. The Labute approximate surface area is 142 Å². The summed E-state index contributed by atoms with van der Waals surface area (Å²) in [5, 5.41) is 2.17. The topological polar surface area (TPSA) is 63.7 Å². The summed E-state index contributed by atoms with van der Waals surface area (Å²) in [7, 11) is -3.01. The highest BCUT2D eigenvalue weighted by molar-refractivity contribution is 7.91. The number of nitrogens with zero attached hydrogens (tertiary/aromatic N) is 1. The van der Waals surface area contributed by atoms with Gasteiger partial charge in [0.05, 0.1) is 11.5 Å². The van der Waals surface area contributed by atoms with Crippen molar-refractivity contribution in [2.24, 2.45) is 0 Å². The summed E-state index contributed by atoms with van der Waals surface area (Å²) >= 11 is 0. The summed E-state index contributed by atoms with van der Waals surface area (Å²) in [5.41, 5.74) is 0. The van der Waals surface area contributed by atoms with Crippen molar-refractivity contribution in [3.8, 4) is 5.75 Å². The largest absolute Gasteiger partial charge is 0.484 e. The van der Waals surface area contributed by atoms with E-state index in [1.165, 1.54) is 0 Å². The van der Waals surface area contributed by atoms with Crippen molar-refractivity contribution in [1.82, 2.24) is 4.90 Å². The minimum atomic E-state index is -3.01. The third-order valence-corrected chi connectivity index (χ3v) is 6.14. The summed E-state index contributed by atoms with van der Waals surface area (Å²) in [4.78, 5) is 14.0. The molecule has 1 aliphatic rings. The van der Waals surface area contributed by atoms with Gasteiger partial charge in [-0.25, -0.2) is 8.42 Å². The zero-order chi connectivity index (χ0) is 17.2. The van der Waals surface area contributed by atoms with Crippen molar-refractivity contribution in [2.75, 3.05) is 24.7 Å². The number of fused-ring (bicyclic) bond motifs is 1. The Morgan fingerprint density at radius 1 is 1.21 bits per heavy atom. The van der Waals surface area contributed by atoms with Crippen LogP contribution in [0.2, 0.25) is 0 Å². The molecular weight excluding hydrogens is 326 g/mol. The second-order valence-corrected chi connectivity index (χ2v) is 8.26. The van der Waals surface area contributed by atoms with E-state index < -0.39 is 9.84 Å². The normalized spacial score (nSPS) is 19.3. The highest BCUT2D eigenvalue weighted by Gasteiger charge is 2.33. The van der Waals surface area contributed by atoms with Gasteiger partial charge in [-0.2, -0.15) is 0 Å². The van der Waals surface area contributed by atoms with E-state index in [2.05, 4.69) is 0 Å². The van der Waals surface area contributed by atoms with Crippen LogP contribution in [0.25, 0.3) is 10.8 Å². The smallest absolute Gasteiger partial charge is 0.260 e. The van der Waals surface area contributed by atoms with Gasteiger partial charge in [-0.3, -0.25) is 4.79 Å². The van der Waals surface area contributed by atoms with Crippen LogP contribution in [0.15, 0.2) is 42.5 Å². The lowest BCUT2D eigenvalue weighted by Crippen LogP contribution is -2.43. The molecule has 5 nitrogen and oxygen atoms in total. The first kappa shape index (κ1) is 16.8. The molecule has 2 aromatic rings. The van der Waals surface area contributed by atoms with Gasteiger partial charge in [-0.1, -0.05) is 30.3 Å². The number of hydrogen-bond acceptors (Lipinski definition) is 4. The predicted octanol–water partition coefficient (Wildman–Crippen LogP) is 2.25. The second kappa shape index (κ2) is 6.81. The van der Waals surface area contributed by atoms with Gasteiger partial charge in [0.25, 0.3) is 5.91 Å². The van der Waals surface area contributed by atoms with Gasteiger partial charge in [0.15, 0.2) is 16.4 Å². The van der Waals surface area contributed by atoms with Gasteiger partial charge in [-0.05, 0) is 36.2 Å². The highest BCUT2D eigenvalue weighted by Crippen LogP contribution is 2.21. The van der Waals surface area contributed by atoms with E-state index >= 15 is 0 Å². The van der Waals surface area contributed by atoms with Crippen LogP contribution < -0.4 is 4.74 Å². The van der Waals surface area contributed by atoms with Crippen molar-refractivity contribution in [2.45, 2.75) is 19.4 Å². The van der Waals surface area contributed by atoms with Crippen molar-refractivity contribution in [3.63, 3.8) is 0 Å². The van der Waals surface area contributed by atoms with Crippen LogP contribution in [0, 0.1) is 0 Å². The molecule has 2 aromatic carbocycles. The van der Waals surface area contributed by atoms with Gasteiger partial charge in [0.1, 0.15) is 5.75 Å². The van der Waals surface area contributed by atoms with Crippen molar-refractivity contribution in [3.05, 3.63) is 42.5 Å². The minimum Gasteiger partial charge on any atom is -0.484 e. The number of hydrogen-bond donors (Lipinski definition) is 0. The monoisotopic (exact) mass is 347 g/mol. The van der Waals surface area contributed by atoms with Gasteiger partial charge in [0.2, 0.25) is 0 Å². The molecule has 1 aliphatic heterocycles. The molecule has 0 N–H and O–H groups in total. The molecule has 1 unspecified atom stereocenters. The molecule has 1 amide bonds. The summed E-state index contributed by atoms with van der Waals surface area (Å²) in [6, 6.07) is 13.4. The van der Waals surface area contributed by atoms with Crippen molar-refractivity contribution in [1.29, 1.82) is 0 Å². The Bertz CT molecular complexity index is 847. The lowest BCUT2D eigenvalue weighted by atomic mass is 10.1. The SMILES string of the molecule is CCN(C(=O)COc1ccc2ccccc2c1)C1CCS(=O)(=O)C1. The van der Waals surface area contributed by atoms with E-state index in [9.17, 15) is 13.2 Å². The van der Waals surface area contributed by atoms with Gasteiger partial charge in [0, 0.05) is 12.6 Å². The lowest BCUT2D eigenvalue weighted by molar-refractivity contribution is -0.135. The number of carbonyl (C=O) groups is 1. The summed E-state index contributed by atoms with van der Waals surface area (Å²) in [5.74, 6) is 0.681. The van der Waals surface area contributed by atoms with Crippen LogP contribution in [-0.4, -0.2) is 49.9 Å². The van der Waals surface area contributed by atoms with Gasteiger partial charge in [-0.15, -0.1) is 0 Å². The molecule has 1 saturated heterocycles. The van der Waals surface area contributed by atoms with E-state index in [4.69, 9.17) is 4.74 Å². The molecule has 0 radical (unpaired) electrons. The molecule has 3 rings (SSSR count). The van der Waals surface area contributed by atoms with Crippen LogP contribution in [0.1, 0.15) is 13.3 Å². The number of benzene rings is 2. The second-order valence-electron chi connectivity index (χ2n) is 6.03. The van der Waals surface area contributed by atoms with Crippen LogP contribution >= 0.6 is 0 Å². The fourth-order valence-corrected chi connectivity index (χ4v) is 4.88. The Kier molecular flexibility index (Phi) is 4.76. The zero-order valence-electron chi connectivity index (χ0n) is 13.6. The first-order valence-corrected chi connectivity index (χ1v) is 9.92. The minimum absolute atomic E-state index is 0.0581. The van der Waals surface area contributed by atoms with Gasteiger partial charge >= 0.3 is 0 Å². The maximum absolute atomic E-state index is 12.4. The maximum atomic E-state index is 12.4. The van der Waals surface area contributed by atoms with Crippen LogP contribution in [-0.2, 0) is 14.6 Å². The number of amides is 1. The Morgan fingerprint density at radius 3 is 2.62 bits per heavy atom. The van der Waals surface area contributed by atoms with Crippen molar-refractivity contribution < 1.29 is 17.9 Å². The van der Waals surface area contributed by atoms with Crippen molar-refractivity contribution >= 4 is 26.5 Å². The number of rotatable bonds is 5. The number of ether oxygens (including phenoxy) is 1. The molecule has 0 spiro atoms. The molecule has 1 atom stereocenters. The Balaban J connectivity index is 1.64. The molecule has 0 aromatic heterocycles. The molecule has 0 bridgehead atoms. The Hall–Kier alpha value is -2.08. The Morgan fingerprint density at radius 2 is 1.96 bits per heavy atom. The first-order chi connectivity index (χ1) is 11.5.